The van der Waals surface area contributed by atoms with Gasteiger partial charge in [0.05, 0.1) is 26.4 Å². The van der Waals surface area contributed by atoms with Gasteiger partial charge in [0.1, 0.15) is 25.4 Å². The van der Waals surface area contributed by atoms with Gasteiger partial charge in [-0.05, 0) is 148 Å². The van der Waals surface area contributed by atoms with E-state index in [0.29, 0.717) is 19.3 Å². The Morgan fingerprint density at radius 1 is 0.293 bits per heavy atom. The summed E-state index contributed by atoms with van der Waals surface area (Å²) in [6.07, 6.45) is 89.9. The maximum absolute atomic E-state index is 13.0. The van der Waals surface area contributed by atoms with Crippen molar-refractivity contribution in [3.05, 3.63) is 158 Å². The van der Waals surface area contributed by atoms with Crippen LogP contribution in [-0.2, 0) is 55.8 Å². The Labute approximate surface area is 600 Å². The maximum atomic E-state index is 13.0. The summed E-state index contributed by atoms with van der Waals surface area (Å²) in [4.78, 5) is 58.6. The van der Waals surface area contributed by atoms with E-state index in [-0.39, 0.29) is 19.3 Å². The van der Waals surface area contributed by atoms with E-state index in [0.717, 1.165) is 180 Å². The van der Waals surface area contributed by atoms with E-state index >= 15 is 0 Å². The van der Waals surface area contributed by atoms with Crippen molar-refractivity contribution in [2.45, 2.75) is 296 Å². The third-order valence-electron chi connectivity index (χ3n) is 15.2. The number of unbranched alkanes of at least 4 members (excludes halogenated alkanes) is 21. The van der Waals surface area contributed by atoms with Crippen LogP contribution in [0.25, 0.3) is 0 Å². The molecule has 0 amide bonds. The molecule has 99 heavy (non-hydrogen) atoms. The number of hydrogen-bond donors (Lipinski definition) is 4. The molecule has 16 nitrogen and oxygen atoms in total. The second-order valence-corrected chi connectivity index (χ2v) is 27.6. The van der Waals surface area contributed by atoms with Gasteiger partial charge in [0.15, 0.2) is 6.10 Å². The SMILES string of the molecule is CC/C=C\C/C=C\C/C=C\C/C=C\C/C=C\C/C=C\CCCCCCCCC(=O)OCC(O)COP(=O)(O)OCC(O)COP(=O)(O)OCC(COC(=O)CCCCCC/C=C\C/C=C\C/C=C\C/C=C\C/C=C\C/C=C\CC)OC(=O)CCCCCCC/C=C\CCCCCCCC. The number of aliphatic hydroxyl groups is 2. The highest BCUT2D eigenvalue weighted by Gasteiger charge is 2.29. The smallest absolute Gasteiger partial charge is 0.463 e. The van der Waals surface area contributed by atoms with Crippen molar-refractivity contribution >= 4 is 33.6 Å². The molecule has 0 aliphatic rings. The summed E-state index contributed by atoms with van der Waals surface area (Å²) >= 11 is 0. The number of carbonyl (C=O) groups excluding carboxylic acids is 3. The lowest BCUT2D eigenvalue weighted by atomic mass is 10.1. The molecule has 0 aromatic rings. The molecule has 0 radical (unpaired) electrons. The number of hydrogen-bond acceptors (Lipinski definition) is 14. The van der Waals surface area contributed by atoms with E-state index < -0.39 is 91.5 Å². The summed E-state index contributed by atoms with van der Waals surface area (Å²) in [5.74, 6) is -1.63. The Morgan fingerprint density at radius 3 is 0.859 bits per heavy atom. The van der Waals surface area contributed by atoms with Crippen LogP contribution >= 0.6 is 15.6 Å². The Balaban J connectivity index is 4.68. The van der Waals surface area contributed by atoms with Crippen LogP contribution < -0.4 is 0 Å². The van der Waals surface area contributed by atoms with E-state index in [9.17, 15) is 43.5 Å². The molecule has 18 heteroatoms. The predicted molar refractivity (Wildman–Crippen MR) is 408 cm³/mol. The first kappa shape index (κ1) is 94.2. The third kappa shape index (κ3) is 74.2. The molecule has 0 fully saturated rings. The second kappa shape index (κ2) is 72.9. The molecular formula is C81H134O16P2. The van der Waals surface area contributed by atoms with Crippen LogP contribution in [0.5, 0.6) is 0 Å². The van der Waals surface area contributed by atoms with Crippen molar-refractivity contribution in [1.82, 2.24) is 0 Å². The van der Waals surface area contributed by atoms with Crippen LogP contribution in [0, 0.1) is 0 Å². The summed E-state index contributed by atoms with van der Waals surface area (Å²) in [6, 6.07) is 0. The van der Waals surface area contributed by atoms with E-state index in [1.54, 1.807) is 0 Å². The molecule has 0 saturated heterocycles. The van der Waals surface area contributed by atoms with Gasteiger partial charge in [0, 0.05) is 19.3 Å². The zero-order valence-electron chi connectivity index (χ0n) is 61.4. The standard InChI is InChI=1S/C81H134O16P2/c1-4-7-10-13-16-19-22-25-28-30-32-34-36-37-39-41-42-44-47-49-52-55-58-61-64-67-79(84)91-70-76(82)71-93-98(87,88)94-72-77(83)73-95-99(89,90)96-75-78(97-81(86)69-66-63-60-57-54-51-46-27-24-21-18-15-12-9-6-3)74-92-80(85)68-65-62-59-56-53-50-48-45-43-40-38-35-33-31-29-26-23-20-17-14-11-8-5-2/h7-8,10-11,16-17,19-20,25-29,32-35,37,39-40,42-44,46,48,50,76-78,82-83H,4-6,9,12-15,18,21-24,30-31,36,38,41,45,47,49,51-75H2,1-3H3,(H,87,88)(H,89,90)/b10-7-,11-8-,19-16-,20-17-,28-25-,29-26-,34-32-,35-33-,39-37-,43-40-,44-42-,46-27-,50-48-. The van der Waals surface area contributed by atoms with Crippen LogP contribution in [0.4, 0.5) is 0 Å². The molecule has 0 rings (SSSR count). The third-order valence-corrected chi connectivity index (χ3v) is 17.1. The van der Waals surface area contributed by atoms with Crippen LogP contribution in [0.1, 0.15) is 278 Å². The highest BCUT2D eigenvalue weighted by Crippen LogP contribution is 2.45. The topological polar surface area (TPSA) is 231 Å². The van der Waals surface area contributed by atoms with Gasteiger partial charge in [-0.3, -0.25) is 32.5 Å². The molecule has 5 atom stereocenters. The van der Waals surface area contributed by atoms with Gasteiger partial charge in [0.2, 0.25) is 0 Å². The maximum Gasteiger partial charge on any atom is 0.472 e. The summed E-state index contributed by atoms with van der Waals surface area (Å²) in [5.41, 5.74) is 0. The van der Waals surface area contributed by atoms with E-state index in [2.05, 4.69) is 179 Å². The van der Waals surface area contributed by atoms with E-state index in [4.69, 9.17) is 32.3 Å². The van der Waals surface area contributed by atoms with E-state index in [1.807, 2.05) is 0 Å². The minimum atomic E-state index is -4.94. The highest BCUT2D eigenvalue weighted by molar-refractivity contribution is 7.47. The van der Waals surface area contributed by atoms with Gasteiger partial charge in [-0.25, -0.2) is 9.13 Å². The van der Waals surface area contributed by atoms with Crippen molar-refractivity contribution in [3.8, 4) is 0 Å². The second-order valence-electron chi connectivity index (χ2n) is 24.7. The van der Waals surface area contributed by atoms with Gasteiger partial charge < -0.3 is 34.2 Å². The van der Waals surface area contributed by atoms with Gasteiger partial charge in [-0.1, -0.05) is 269 Å². The first-order chi connectivity index (χ1) is 48.2. The number of phosphoric acid groups is 2. The van der Waals surface area contributed by atoms with Gasteiger partial charge in [0.25, 0.3) is 0 Å². The van der Waals surface area contributed by atoms with Crippen molar-refractivity contribution < 1.29 is 75.8 Å². The van der Waals surface area contributed by atoms with Crippen molar-refractivity contribution in [3.63, 3.8) is 0 Å². The quantitative estimate of drug-likeness (QED) is 0.0146. The van der Waals surface area contributed by atoms with Crippen molar-refractivity contribution in [2.24, 2.45) is 0 Å². The molecule has 0 saturated carbocycles. The average Bonchev–Trinajstić information content (AvgIpc) is 1.57. The number of rotatable bonds is 70. The van der Waals surface area contributed by atoms with Crippen molar-refractivity contribution in [2.75, 3.05) is 39.6 Å². The first-order valence-electron chi connectivity index (χ1n) is 37.8. The van der Waals surface area contributed by atoms with Crippen LogP contribution in [0.3, 0.4) is 0 Å². The molecule has 564 valence electrons. The lowest BCUT2D eigenvalue weighted by Crippen LogP contribution is -2.30. The van der Waals surface area contributed by atoms with E-state index in [1.165, 1.54) is 38.5 Å². The molecule has 4 N–H and O–H groups in total. The zero-order chi connectivity index (χ0) is 72.3. The van der Waals surface area contributed by atoms with Crippen LogP contribution in [0.15, 0.2) is 158 Å². The monoisotopic (exact) mass is 1420 g/mol. The normalized spacial score (nSPS) is 14.9. The average molecular weight is 1430 g/mol. The Kier molecular flexibility index (Phi) is 69.4. The van der Waals surface area contributed by atoms with Crippen molar-refractivity contribution in [1.29, 1.82) is 0 Å². The summed E-state index contributed by atoms with van der Waals surface area (Å²) < 4.78 is 61.0. The van der Waals surface area contributed by atoms with Gasteiger partial charge >= 0.3 is 33.6 Å². The summed E-state index contributed by atoms with van der Waals surface area (Å²) in [7, 11) is -9.81. The minimum Gasteiger partial charge on any atom is -0.463 e. The molecule has 0 spiro atoms. The van der Waals surface area contributed by atoms with Gasteiger partial charge in [-0.15, -0.1) is 0 Å². The highest BCUT2D eigenvalue weighted by atomic mass is 31.2. The largest absolute Gasteiger partial charge is 0.472 e. The molecule has 0 aromatic heterocycles. The first-order valence-corrected chi connectivity index (χ1v) is 40.8. The number of phosphoric ester groups is 2. The minimum absolute atomic E-state index is 0.0836. The van der Waals surface area contributed by atoms with Crippen LogP contribution in [0.2, 0.25) is 0 Å². The summed E-state index contributed by atoms with van der Waals surface area (Å²) in [6.45, 7) is 2.37. The van der Waals surface area contributed by atoms with Gasteiger partial charge in [-0.2, -0.15) is 0 Å². The Bertz CT molecular complexity index is 2430. The predicted octanol–water partition coefficient (Wildman–Crippen LogP) is 21.9. The Hall–Kier alpha value is -4.83. The molecule has 0 aliphatic carbocycles. The zero-order valence-corrected chi connectivity index (χ0v) is 63.1. The Morgan fingerprint density at radius 2 is 0.535 bits per heavy atom. The molecular weight excluding hydrogens is 1290 g/mol. The lowest BCUT2D eigenvalue weighted by molar-refractivity contribution is -0.161. The number of carbonyl (C=O) groups is 3. The fraction of sp³-hybridized carbons (Fsp3) is 0.642. The molecule has 0 heterocycles. The fourth-order valence-corrected chi connectivity index (χ4v) is 11.1. The molecule has 0 aromatic carbocycles. The fourth-order valence-electron chi connectivity index (χ4n) is 9.51. The van der Waals surface area contributed by atoms with Crippen LogP contribution in [-0.4, -0.2) is 95.9 Å². The lowest BCUT2D eigenvalue weighted by Gasteiger charge is -2.21. The number of ether oxygens (including phenoxy) is 3. The number of aliphatic hydroxyl groups excluding tert-OH is 2. The number of esters is 3. The molecule has 0 aliphatic heterocycles. The molecule has 0 bridgehead atoms. The summed E-state index contributed by atoms with van der Waals surface area (Å²) in [5, 5.41) is 20.6. The number of allylic oxidation sites excluding steroid dienone is 26. The molecule has 5 unspecified atom stereocenters.